The Morgan fingerprint density at radius 2 is 2.20 bits per heavy atom. The first kappa shape index (κ1) is 14.8. The molecule has 0 fully saturated rings. The smallest absolute Gasteiger partial charge is 0.235 e. The number of rotatable bonds is 6. The van der Waals surface area contributed by atoms with Crippen molar-refractivity contribution < 1.29 is 13.2 Å². The van der Waals surface area contributed by atoms with Crippen LogP contribution in [-0.2, 0) is 14.8 Å². The quantitative estimate of drug-likeness (QED) is 0.854. The molecule has 0 aliphatic heterocycles. The highest BCUT2D eigenvalue weighted by Gasteiger charge is 2.21. The monoisotopic (exact) mass is 297 g/mol. The molecule has 2 rings (SSSR count). The van der Waals surface area contributed by atoms with Crippen LogP contribution in [0.2, 0.25) is 0 Å². The van der Waals surface area contributed by atoms with Crippen molar-refractivity contribution in [3.05, 3.63) is 24.5 Å². The van der Waals surface area contributed by atoms with Crippen LogP contribution in [0.5, 0.6) is 0 Å². The van der Waals surface area contributed by atoms with Crippen LogP contribution in [0.1, 0.15) is 13.8 Å². The highest BCUT2D eigenvalue weighted by atomic mass is 32.2. The zero-order valence-electron chi connectivity index (χ0n) is 11.8. The lowest BCUT2D eigenvalue weighted by Gasteiger charge is -2.19. The second-order valence-corrected chi connectivity index (χ2v) is 6.81. The van der Waals surface area contributed by atoms with Crippen LogP contribution in [0, 0.1) is 5.92 Å². The SMILES string of the molecule is COC(CS(=O)(=O)Nc1cnc2[nH]ccc2c1)C(C)C. The van der Waals surface area contributed by atoms with Gasteiger partial charge in [0.25, 0.3) is 0 Å². The first-order valence-corrected chi connectivity index (χ1v) is 8.03. The van der Waals surface area contributed by atoms with Gasteiger partial charge in [-0.1, -0.05) is 13.8 Å². The van der Waals surface area contributed by atoms with E-state index in [1.807, 2.05) is 19.9 Å². The van der Waals surface area contributed by atoms with Crippen LogP contribution in [0.25, 0.3) is 11.0 Å². The lowest BCUT2D eigenvalue weighted by Crippen LogP contribution is -2.31. The number of nitrogens with one attached hydrogen (secondary N) is 2. The number of methoxy groups -OCH3 is 1. The van der Waals surface area contributed by atoms with Gasteiger partial charge in [0.15, 0.2) is 0 Å². The maximum absolute atomic E-state index is 12.1. The summed E-state index contributed by atoms with van der Waals surface area (Å²) in [7, 11) is -1.95. The lowest BCUT2D eigenvalue weighted by atomic mass is 10.1. The molecule has 0 saturated carbocycles. The molecule has 0 radical (unpaired) electrons. The number of aromatic nitrogens is 2. The maximum Gasteiger partial charge on any atom is 0.235 e. The number of sulfonamides is 1. The van der Waals surface area contributed by atoms with Crippen molar-refractivity contribution >= 4 is 26.7 Å². The number of ether oxygens (including phenoxy) is 1. The van der Waals surface area contributed by atoms with Crippen molar-refractivity contribution in [1.29, 1.82) is 0 Å². The van der Waals surface area contributed by atoms with Crippen LogP contribution in [0.3, 0.4) is 0 Å². The fraction of sp³-hybridized carbons (Fsp3) is 0.462. The number of pyridine rings is 1. The molecule has 2 aromatic heterocycles. The van der Waals surface area contributed by atoms with Gasteiger partial charge in [-0.2, -0.15) is 0 Å². The lowest BCUT2D eigenvalue weighted by molar-refractivity contribution is 0.0829. The molecule has 2 N–H and O–H groups in total. The minimum atomic E-state index is -3.47. The summed E-state index contributed by atoms with van der Waals surface area (Å²) in [6, 6.07) is 3.58. The van der Waals surface area contributed by atoms with Crippen LogP contribution >= 0.6 is 0 Å². The van der Waals surface area contributed by atoms with E-state index in [0.717, 1.165) is 11.0 Å². The number of hydrogen-bond donors (Lipinski definition) is 2. The third kappa shape index (κ3) is 3.49. The number of H-pyrrole nitrogens is 1. The largest absolute Gasteiger partial charge is 0.380 e. The molecule has 0 saturated heterocycles. The van der Waals surface area contributed by atoms with E-state index in [1.165, 1.54) is 13.3 Å². The molecule has 7 heteroatoms. The molecular weight excluding hydrogens is 278 g/mol. The molecule has 1 unspecified atom stereocenters. The highest BCUT2D eigenvalue weighted by molar-refractivity contribution is 7.92. The number of fused-ring (bicyclic) bond motifs is 1. The van der Waals surface area contributed by atoms with Crippen LogP contribution in [-0.4, -0.2) is 37.4 Å². The number of nitrogens with zero attached hydrogens (tertiary/aromatic N) is 1. The summed E-state index contributed by atoms with van der Waals surface area (Å²) in [5.74, 6) is 0.0497. The van der Waals surface area contributed by atoms with Crippen LogP contribution in [0.4, 0.5) is 5.69 Å². The van der Waals surface area contributed by atoms with E-state index < -0.39 is 10.0 Å². The molecule has 0 spiro atoms. The Bertz CT molecular complexity index is 679. The third-order valence-corrected chi connectivity index (χ3v) is 4.42. The first-order valence-electron chi connectivity index (χ1n) is 6.37. The summed E-state index contributed by atoms with van der Waals surface area (Å²) in [5, 5.41) is 0.859. The summed E-state index contributed by atoms with van der Waals surface area (Å²) in [4.78, 5) is 7.10. The Hall–Kier alpha value is -1.60. The van der Waals surface area contributed by atoms with E-state index >= 15 is 0 Å². The molecule has 2 heterocycles. The predicted octanol–water partition coefficient (Wildman–Crippen LogP) is 1.98. The fourth-order valence-electron chi connectivity index (χ4n) is 1.97. The van der Waals surface area contributed by atoms with Crippen molar-refractivity contribution in [2.75, 3.05) is 17.6 Å². The standard InChI is InChI=1S/C13H19N3O3S/c1-9(2)12(19-3)8-20(17,18)16-11-6-10-4-5-14-13(10)15-7-11/h4-7,9,12,16H,8H2,1-3H3,(H,14,15). The van der Waals surface area contributed by atoms with E-state index in [2.05, 4.69) is 14.7 Å². The average Bonchev–Trinajstić information content (AvgIpc) is 2.82. The zero-order chi connectivity index (χ0) is 14.8. The molecule has 2 aromatic rings. The van der Waals surface area contributed by atoms with Gasteiger partial charge in [0.05, 0.1) is 23.7 Å². The van der Waals surface area contributed by atoms with Gasteiger partial charge in [-0.05, 0) is 18.1 Å². The molecule has 1 atom stereocenters. The van der Waals surface area contributed by atoms with E-state index in [9.17, 15) is 8.42 Å². The van der Waals surface area contributed by atoms with Crippen LogP contribution in [0.15, 0.2) is 24.5 Å². The Balaban J connectivity index is 2.14. The minimum Gasteiger partial charge on any atom is -0.380 e. The Morgan fingerprint density at radius 3 is 2.85 bits per heavy atom. The van der Waals surface area contributed by atoms with Crippen molar-refractivity contribution in [2.45, 2.75) is 20.0 Å². The van der Waals surface area contributed by atoms with Crippen molar-refractivity contribution in [1.82, 2.24) is 9.97 Å². The molecule has 110 valence electrons. The fourth-order valence-corrected chi connectivity index (χ4v) is 3.47. The van der Waals surface area contributed by atoms with Gasteiger partial charge in [0.1, 0.15) is 5.65 Å². The Morgan fingerprint density at radius 1 is 1.45 bits per heavy atom. The van der Waals surface area contributed by atoms with E-state index in [-0.39, 0.29) is 17.8 Å². The highest BCUT2D eigenvalue weighted by Crippen LogP contribution is 2.17. The maximum atomic E-state index is 12.1. The molecule has 20 heavy (non-hydrogen) atoms. The van der Waals surface area contributed by atoms with E-state index in [4.69, 9.17) is 4.74 Å². The first-order chi connectivity index (χ1) is 9.41. The predicted molar refractivity (Wildman–Crippen MR) is 79.1 cm³/mol. The van der Waals surface area contributed by atoms with E-state index in [1.54, 1.807) is 12.3 Å². The van der Waals surface area contributed by atoms with Gasteiger partial charge in [-0.15, -0.1) is 0 Å². The normalized spacial score (nSPS) is 13.8. The number of hydrogen-bond acceptors (Lipinski definition) is 4. The van der Waals surface area contributed by atoms with Crippen molar-refractivity contribution in [3.63, 3.8) is 0 Å². The number of anilines is 1. The molecule has 0 bridgehead atoms. The van der Waals surface area contributed by atoms with Gasteiger partial charge >= 0.3 is 0 Å². The van der Waals surface area contributed by atoms with Gasteiger partial charge in [0, 0.05) is 18.7 Å². The summed E-state index contributed by atoms with van der Waals surface area (Å²) in [6.07, 6.45) is 2.92. The van der Waals surface area contributed by atoms with Crippen molar-refractivity contribution in [2.24, 2.45) is 5.92 Å². The average molecular weight is 297 g/mol. The Kier molecular flexibility index (Phi) is 4.29. The molecule has 0 aliphatic rings. The van der Waals surface area contributed by atoms with Crippen LogP contribution < -0.4 is 4.72 Å². The molecule has 0 amide bonds. The van der Waals surface area contributed by atoms with Gasteiger partial charge in [-0.25, -0.2) is 13.4 Å². The minimum absolute atomic E-state index is 0.0770. The second kappa shape index (κ2) is 5.80. The summed E-state index contributed by atoms with van der Waals surface area (Å²) in [6.45, 7) is 3.86. The van der Waals surface area contributed by atoms with Gasteiger partial charge < -0.3 is 9.72 Å². The van der Waals surface area contributed by atoms with Crippen molar-refractivity contribution in [3.8, 4) is 0 Å². The molecular formula is C13H19N3O3S. The van der Waals surface area contributed by atoms with Gasteiger partial charge in [0.2, 0.25) is 10.0 Å². The Labute approximate surface area is 118 Å². The summed E-state index contributed by atoms with van der Waals surface area (Å²) >= 11 is 0. The summed E-state index contributed by atoms with van der Waals surface area (Å²) < 4.78 is 32.0. The second-order valence-electron chi connectivity index (χ2n) is 5.04. The molecule has 0 aliphatic carbocycles. The molecule has 6 nitrogen and oxygen atoms in total. The third-order valence-electron chi connectivity index (χ3n) is 3.10. The number of aromatic amines is 1. The van der Waals surface area contributed by atoms with Gasteiger partial charge in [-0.3, -0.25) is 4.72 Å². The van der Waals surface area contributed by atoms with E-state index in [0.29, 0.717) is 5.69 Å². The topological polar surface area (TPSA) is 84.1 Å². The molecule has 0 aromatic carbocycles. The zero-order valence-corrected chi connectivity index (χ0v) is 12.6. The summed E-state index contributed by atoms with van der Waals surface area (Å²) in [5.41, 5.74) is 1.18.